The van der Waals surface area contributed by atoms with E-state index in [0.29, 0.717) is 42.6 Å². The number of alkyl halides is 5. The van der Waals surface area contributed by atoms with Crippen molar-refractivity contribution in [1.82, 2.24) is 15.3 Å². The molecule has 0 radical (unpaired) electrons. The highest BCUT2D eigenvalue weighted by atomic mass is 32.2. The van der Waals surface area contributed by atoms with E-state index in [0.717, 1.165) is 12.3 Å². The van der Waals surface area contributed by atoms with E-state index in [2.05, 4.69) is 20.6 Å². The molecule has 1 aliphatic carbocycles. The minimum Gasteiger partial charge on any atom is -0.367 e. The molecule has 0 bridgehead atoms. The zero-order chi connectivity index (χ0) is 27.6. The number of benzene rings is 1. The molecule has 12 heteroatoms. The van der Waals surface area contributed by atoms with Gasteiger partial charge in [-0.3, -0.25) is 4.98 Å². The smallest absolute Gasteiger partial charge is 0.367 e. The van der Waals surface area contributed by atoms with Gasteiger partial charge in [0.25, 0.3) is 0 Å². The highest BCUT2D eigenvalue weighted by Gasteiger charge is 2.34. The molecule has 6 nitrogen and oxygen atoms in total. The molecule has 0 unspecified atom stereocenters. The average Bonchev–Trinajstić information content (AvgIpc) is 2.89. The van der Waals surface area contributed by atoms with Gasteiger partial charge in [0.15, 0.2) is 9.84 Å². The molecule has 0 amide bonds. The molecule has 0 aliphatic heterocycles. The van der Waals surface area contributed by atoms with Gasteiger partial charge in [-0.2, -0.15) is 22.0 Å². The first-order valence-electron chi connectivity index (χ1n) is 12.0. The number of likely N-dealkylation sites (N-methyl/N-ethyl adjacent to an activating group) is 1. The van der Waals surface area contributed by atoms with Gasteiger partial charge in [0.1, 0.15) is 11.5 Å². The SMILES string of the molecule is CNCC(F)(F)c1cc(-c2ccc(S(=O)(=O)[C@H]3CC[C@H](Nc4ccc(C(F)(F)F)cn4)CC3)cc2)ccn1. The van der Waals surface area contributed by atoms with Crippen LogP contribution in [0.5, 0.6) is 0 Å². The minimum atomic E-state index is -4.46. The molecule has 2 aromatic heterocycles. The Bertz CT molecular complexity index is 1340. The Morgan fingerprint density at radius 1 is 0.895 bits per heavy atom. The van der Waals surface area contributed by atoms with Crippen LogP contribution in [0.3, 0.4) is 0 Å². The van der Waals surface area contributed by atoms with Gasteiger partial charge < -0.3 is 10.6 Å². The van der Waals surface area contributed by atoms with E-state index in [9.17, 15) is 30.4 Å². The zero-order valence-corrected chi connectivity index (χ0v) is 21.3. The highest BCUT2D eigenvalue weighted by Crippen LogP contribution is 2.33. The molecule has 2 N–H and O–H groups in total. The molecule has 0 atom stereocenters. The normalized spacial score (nSPS) is 18.8. The Balaban J connectivity index is 1.39. The lowest BCUT2D eigenvalue weighted by Crippen LogP contribution is -2.33. The summed E-state index contributed by atoms with van der Waals surface area (Å²) in [5.41, 5.74) is -0.124. The largest absolute Gasteiger partial charge is 0.417 e. The predicted octanol–water partition coefficient (Wildman–Crippen LogP) is 5.67. The molecular formula is C26H27F5N4O2S. The number of hydrogen-bond acceptors (Lipinski definition) is 6. The number of halogens is 5. The van der Waals surface area contributed by atoms with Crippen LogP contribution in [-0.2, 0) is 21.9 Å². The molecule has 4 rings (SSSR count). The van der Waals surface area contributed by atoms with Crippen molar-refractivity contribution >= 4 is 15.7 Å². The summed E-state index contributed by atoms with van der Waals surface area (Å²) < 4.78 is 93.1. The first-order valence-corrected chi connectivity index (χ1v) is 13.6. The van der Waals surface area contributed by atoms with Gasteiger partial charge >= 0.3 is 12.1 Å². The van der Waals surface area contributed by atoms with Crippen LogP contribution in [0.2, 0.25) is 0 Å². The van der Waals surface area contributed by atoms with Crippen molar-refractivity contribution in [2.24, 2.45) is 0 Å². The molecule has 0 saturated heterocycles. The predicted molar refractivity (Wildman–Crippen MR) is 134 cm³/mol. The topological polar surface area (TPSA) is 84.0 Å². The molecule has 3 aromatic rings. The Kier molecular flexibility index (Phi) is 8.03. The lowest BCUT2D eigenvalue weighted by Gasteiger charge is -2.29. The number of sulfone groups is 1. The van der Waals surface area contributed by atoms with E-state index >= 15 is 0 Å². The number of nitrogens with one attached hydrogen (secondary N) is 2. The van der Waals surface area contributed by atoms with Gasteiger partial charge in [-0.1, -0.05) is 12.1 Å². The number of hydrogen-bond donors (Lipinski definition) is 2. The van der Waals surface area contributed by atoms with Crippen LogP contribution in [0.15, 0.2) is 65.8 Å². The van der Waals surface area contributed by atoms with Gasteiger partial charge in [-0.25, -0.2) is 13.4 Å². The summed E-state index contributed by atoms with van der Waals surface area (Å²) in [5, 5.41) is 4.93. The quantitative estimate of drug-likeness (QED) is 0.349. The Morgan fingerprint density at radius 3 is 2.16 bits per heavy atom. The molecule has 204 valence electrons. The van der Waals surface area contributed by atoms with E-state index in [1.54, 1.807) is 18.2 Å². The van der Waals surface area contributed by atoms with Crippen molar-refractivity contribution in [1.29, 1.82) is 0 Å². The summed E-state index contributed by atoms with van der Waals surface area (Å²) in [5.74, 6) is -2.84. The van der Waals surface area contributed by atoms with E-state index < -0.39 is 39.3 Å². The third kappa shape index (κ3) is 6.29. The molecule has 38 heavy (non-hydrogen) atoms. The van der Waals surface area contributed by atoms with Crippen LogP contribution in [0, 0.1) is 0 Å². The van der Waals surface area contributed by atoms with Crippen LogP contribution >= 0.6 is 0 Å². The molecule has 1 aromatic carbocycles. The fourth-order valence-electron chi connectivity index (χ4n) is 4.53. The number of rotatable bonds is 8. The molecule has 1 saturated carbocycles. The number of pyridine rings is 2. The van der Waals surface area contributed by atoms with Crippen molar-refractivity contribution in [3.8, 4) is 11.1 Å². The van der Waals surface area contributed by atoms with E-state index in [1.807, 2.05) is 0 Å². The monoisotopic (exact) mass is 554 g/mol. The van der Waals surface area contributed by atoms with Crippen molar-refractivity contribution in [2.45, 2.75) is 54.0 Å². The van der Waals surface area contributed by atoms with Crippen LogP contribution in [0.25, 0.3) is 11.1 Å². The molecule has 0 spiro atoms. The zero-order valence-electron chi connectivity index (χ0n) is 20.5. The summed E-state index contributed by atoms with van der Waals surface area (Å²) in [4.78, 5) is 7.75. The Morgan fingerprint density at radius 2 is 1.58 bits per heavy atom. The molecule has 1 fully saturated rings. The summed E-state index contributed by atoms with van der Waals surface area (Å²) in [6.45, 7) is -0.556. The third-order valence-corrected chi connectivity index (χ3v) is 8.88. The van der Waals surface area contributed by atoms with Gasteiger partial charge in [-0.05, 0) is 80.3 Å². The van der Waals surface area contributed by atoms with Crippen LogP contribution in [0.1, 0.15) is 36.9 Å². The lowest BCUT2D eigenvalue weighted by molar-refractivity contribution is -0.137. The second-order valence-electron chi connectivity index (χ2n) is 9.28. The Labute approximate surface area is 217 Å². The summed E-state index contributed by atoms with van der Waals surface area (Å²) in [6, 6.07) is 11.1. The van der Waals surface area contributed by atoms with Gasteiger partial charge in [0.2, 0.25) is 0 Å². The molecule has 2 heterocycles. The highest BCUT2D eigenvalue weighted by molar-refractivity contribution is 7.92. The van der Waals surface area contributed by atoms with Crippen molar-refractivity contribution in [3.63, 3.8) is 0 Å². The van der Waals surface area contributed by atoms with Crippen LogP contribution < -0.4 is 10.6 Å². The first-order chi connectivity index (χ1) is 17.9. The van der Waals surface area contributed by atoms with Crippen molar-refractivity contribution in [2.75, 3.05) is 18.9 Å². The standard InChI is InChI=1S/C26H27F5N4O2S/c1-32-16-25(27,28)23-14-18(12-13-33-23)17-2-7-21(8-3-17)38(36,37)22-9-5-20(6-10-22)35-24-11-4-19(15-34-24)26(29,30)31/h2-4,7-8,11-15,20,22,32H,5-6,9-10,16H2,1H3,(H,34,35)/t20-,22-. The van der Waals surface area contributed by atoms with Crippen molar-refractivity contribution in [3.05, 3.63) is 72.2 Å². The van der Waals surface area contributed by atoms with E-state index in [4.69, 9.17) is 0 Å². The fraction of sp³-hybridized carbons (Fsp3) is 0.385. The lowest BCUT2D eigenvalue weighted by atomic mass is 9.95. The second-order valence-corrected chi connectivity index (χ2v) is 11.5. The Hall–Kier alpha value is -3.12. The maximum atomic E-state index is 14.2. The van der Waals surface area contributed by atoms with Crippen LogP contribution in [-0.4, -0.2) is 43.3 Å². The van der Waals surface area contributed by atoms with Gasteiger partial charge in [0, 0.05) is 18.4 Å². The third-order valence-electron chi connectivity index (χ3n) is 6.61. The van der Waals surface area contributed by atoms with Gasteiger partial charge in [0.05, 0.1) is 22.3 Å². The number of aromatic nitrogens is 2. The summed E-state index contributed by atoms with van der Waals surface area (Å²) in [7, 11) is -2.20. The average molecular weight is 555 g/mol. The maximum absolute atomic E-state index is 14.2. The second kappa shape index (κ2) is 10.9. The summed E-state index contributed by atoms with van der Waals surface area (Å²) >= 11 is 0. The fourth-order valence-corrected chi connectivity index (χ4v) is 6.32. The van der Waals surface area contributed by atoms with Crippen LogP contribution in [0.4, 0.5) is 27.8 Å². The number of anilines is 1. The van der Waals surface area contributed by atoms with Gasteiger partial charge in [-0.15, -0.1) is 0 Å². The maximum Gasteiger partial charge on any atom is 0.417 e. The minimum absolute atomic E-state index is 0.102. The molecular weight excluding hydrogens is 527 g/mol. The van der Waals surface area contributed by atoms with E-state index in [1.165, 1.54) is 37.5 Å². The molecule has 1 aliphatic rings. The van der Waals surface area contributed by atoms with E-state index in [-0.39, 0.29) is 16.6 Å². The van der Waals surface area contributed by atoms with Crippen molar-refractivity contribution < 1.29 is 30.4 Å². The first kappa shape index (κ1) is 27.9. The summed E-state index contributed by atoms with van der Waals surface area (Å²) in [6.07, 6.45) is -0.587. The number of nitrogens with zero attached hydrogens (tertiary/aromatic N) is 2.